The molecule has 0 amide bonds. The summed E-state index contributed by atoms with van der Waals surface area (Å²) in [4.78, 5) is 0. The van der Waals surface area contributed by atoms with Crippen LogP contribution in [0.4, 0.5) is 13.2 Å². The van der Waals surface area contributed by atoms with E-state index < -0.39 is 12.2 Å². The fraction of sp³-hybridized carbons (Fsp3) is 0.250. The van der Waals surface area contributed by atoms with Gasteiger partial charge in [-0.15, -0.1) is 0 Å². The van der Waals surface area contributed by atoms with Gasteiger partial charge in [-0.1, -0.05) is 11.6 Å². The van der Waals surface area contributed by atoms with Crippen molar-refractivity contribution in [3.8, 4) is 11.3 Å². The first-order chi connectivity index (χ1) is 8.52. The third-order valence-corrected chi connectivity index (χ3v) is 2.77. The average Bonchev–Trinajstić information content (AvgIpc) is 2.73. The third kappa shape index (κ3) is 2.36. The Morgan fingerprint density at radius 2 is 2.11 bits per heavy atom. The second kappa shape index (κ2) is 5.02. The molecule has 0 saturated carbocycles. The van der Waals surface area contributed by atoms with Gasteiger partial charge in [-0.05, 0) is 25.1 Å². The summed E-state index contributed by atoms with van der Waals surface area (Å²) in [6.07, 6.45) is -1.47. The zero-order valence-electron chi connectivity index (χ0n) is 9.50. The topological polar surface area (TPSA) is 17.8 Å². The van der Waals surface area contributed by atoms with Gasteiger partial charge in [0.25, 0.3) is 6.43 Å². The SMILES string of the molecule is CCn1cc(C(F)F)c(-c2ccc(Cl)cc2F)n1. The highest BCUT2D eigenvalue weighted by Crippen LogP contribution is 2.32. The van der Waals surface area contributed by atoms with Gasteiger partial charge in [-0.2, -0.15) is 5.10 Å². The van der Waals surface area contributed by atoms with Gasteiger partial charge in [0.15, 0.2) is 0 Å². The zero-order chi connectivity index (χ0) is 13.3. The molecule has 0 aliphatic rings. The maximum atomic E-state index is 13.7. The molecule has 0 radical (unpaired) electrons. The summed E-state index contributed by atoms with van der Waals surface area (Å²) in [5.41, 5.74) is -0.291. The van der Waals surface area contributed by atoms with E-state index in [0.717, 1.165) is 6.07 Å². The van der Waals surface area contributed by atoms with Crippen LogP contribution in [0.1, 0.15) is 18.9 Å². The van der Waals surface area contributed by atoms with Gasteiger partial charge in [-0.25, -0.2) is 13.2 Å². The Morgan fingerprint density at radius 1 is 1.39 bits per heavy atom. The Labute approximate surface area is 107 Å². The number of halogens is 4. The molecule has 2 rings (SSSR count). The van der Waals surface area contributed by atoms with E-state index in [-0.39, 0.29) is 21.8 Å². The predicted octanol–water partition coefficient (Wildman–Crippen LogP) is 4.30. The number of nitrogens with zero attached hydrogens (tertiary/aromatic N) is 2. The number of hydrogen-bond donors (Lipinski definition) is 0. The van der Waals surface area contributed by atoms with Crippen LogP contribution in [0.2, 0.25) is 5.02 Å². The molecular weight excluding hydrogens is 265 g/mol. The van der Waals surface area contributed by atoms with Gasteiger partial charge in [0.05, 0.1) is 5.56 Å². The molecule has 0 atom stereocenters. The number of aryl methyl sites for hydroxylation is 1. The van der Waals surface area contributed by atoms with Crippen molar-refractivity contribution in [3.05, 3.63) is 40.8 Å². The number of benzene rings is 1. The molecule has 1 aromatic carbocycles. The van der Waals surface area contributed by atoms with Crippen molar-refractivity contribution in [2.75, 3.05) is 0 Å². The molecule has 1 aromatic heterocycles. The minimum atomic E-state index is -2.70. The lowest BCUT2D eigenvalue weighted by Gasteiger charge is -2.03. The molecule has 0 unspecified atom stereocenters. The van der Waals surface area contributed by atoms with E-state index in [9.17, 15) is 13.2 Å². The lowest BCUT2D eigenvalue weighted by atomic mass is 10.1. The van der Waals surface area contributed by atoms with Crippen LogP contribution in [-0.2, 0) is 6.54 Å². The fourth-order valence-electron chi connectivity index (χ4n) is 1.65. The van der Waals surface area contributed by atoms with Crippen molar-refractivity contribution in [1.29, 1.82) is 0 Å². The Balaban J connectivity index is 2.58. The highest BCUT2D eigenvalue weighted by atomic mass is 35.5. The van der Waals surface area contributed by atoms with Crippen LogP contribution in [0.25, 0.3) is 11.3 Å². The Kier molecular flexibility index (Phi) is 3.61. The summed E-state index contributed by atoms with van der Waals surface area (Å²) in [6, 6.07) is 3.88. The first kappa shape index (κ1) is 13.0. The Morgan fingerprint density at radius 3 is 2.67 bits per heavy atom. The van der Waals surface area contributed by atoms with Crippen molar-refractivity contribution < 1.29 is 13.2 Å². The molecule has 0 fully saturated rings. The van der Waals surface area contributed by atoms with Crippen LogP contribution in [0.5, 0.6) is 0 Å². The van der Waals surface area contributed by atoms with Crippen molar-refractivity contribution in [2.45, 2.75) is 19.9 Å². The van der Waals surface area contributed by atoms with E-state index in [1.54, 1.807) is 6.92 Å². The Bertz CT molecular complexity index is 566. The van der Waals surface area contributed by atoms with Gasteiger partial charge >= 0.3 is 0 Å². The molecule has 0 spiro atoms. The quantitative estimate of drug-likeness (QED) is 0.816. The first-order valence-corrected chi connectivity index (χ1v) is 5.71. The third-order valence-electron chi connectivity index (χ3n) is 2.54. The second-order valence-electron chi connectivity index (χ2n) is 3.71. The molecule has 18 heavy (non-hydrogen) atoms. The fourth-order valence-corrected chi connectivity index (χ4v) is 1.81. The monoisotopic (exact) mass is 274 g/mol. The normalized spacial score (nSPS) is 11.2. The summed E-state index contributed by atoms with van der Waals surface area (Å²) in [7, 11) is 0. The molecule has 96 valence electrons. The lowest BCUT2D eigenvalue weighted by Crippen LogP contribution is -1.94. The van der Waals surface area contributed by atoms with Crippen LogP contribution in [0.15, 0.2) is 24.4 Å². The van der Waals surface area contributed by atoms with Gasteiger partial charge < -0.3 is 0 Å². The van der Waals surface area contributed by atoms with Crippen LogP contribution in [-0.4, -0.2) is 9.78 Å². The number of hydrogen-bond acceptors (Lipinski definition) is 1. The van der Waals surface area contributed by atoms with Gasteiger partial charge in [0, 0.05) is 23.3 Å². The average molecular weight is 275 g/mol. The number of rotatable bonds is 3. The first-order valence-electron chi connectivity index (χ1n) is 5.33. The molecule has 0 N–H and O–H groups in total. The van der Waals surface area contributed by atoms with Crippen molar-refractivity contribution in [1.82, 2.24) is 9.78 Å². The summed E-state index contributed by atoms with van der Waals surface area (Å²) in [5.74, 6) is -0.661. The summed E-state index contributed by atoms with van der Waals surface area (Å²) < 4.78 is 40.8. The van der Waals surface area contributed by atoms with E-state index >= 15 is 0 Å². The predicted molar refractivity (Wildman–Crippen MR) is 63.3 cm³/mol. The molecule has 0 aliphatic heterocycles. The van der Waals surface area contributed by atoms with Crippen LogP contribution < -0.4 is 0 Å². The summed E-state index contributed by atoms with van der Waals surface area (Å²) in [5, 5.41) is 4.18. The van der Waals surface area contributed by atoms with E-state index in [0.29, 0.717) is 6.54 Å². The molecule has 2 aromatic rings. The van der Waals surface area contributed by atoms with Gasteiger partial charge in [-0.3, -0.25) is 4.68 Å². The number of aromatic nitrogens is 2. The van der Waals surface area contributed by atoms with E-state index in [4.69, 9.17) is 11.6 Å². The highest BCUT2D eigenvalue weighted by Gasteiger charge is 2.21. The molecule has 6 heteroatoms. The highest BCUT2D eigenvalue weighted by molar-refractivity contribution is 6.30. The maximum absolute atomic E-state index is 13.7. The summed E-state index contributed by atoms with van der Waals surface area (Å²) >= 11 is 5.63. The van der Waals surface area contributed by atoms with E-state index in [1.165, 1.54) is 23.0 Å². The lowest BCUT2D eigenvalue weighted by molar-refractivity contribution is 0.152. The van der Waals surface area contributed by atoms with Gasteiger partial charge in [0.2, 0.25) is 0 Å². The zero-order valence-corrected chi connectivity index (χ0v) is 10.3. The van der Waals surface area contributed by atoms with E-state index in [1.807, 2.05) is 0 Å². The molecule has 0 bridgehead atoms. The van der Waals surface area contributed by atoms with Gasteiger partial charge in [0.1, 0.15) is 11.5 Å². The van der Waals surface area contributed by atoms with Crippen molar-refractivity contribution in [2.24, 2.45) is 0 Å². The standard InChI is InChI=1S/C12H10ClF3N2/c1-2-18-6-9(12(15)16)11(17-18)8-4-3-7(13)5-10(8)14/h3-6,12H,2H2,1H3. The van der Waals surface area contributed by atoms with Crippen LogP contribution in [0, 0.1) is 5.82 Å². The molecule has 0 saturated heterocycles. The minimum Gasteiger partial charge on any atom is -0.272 e. The van der Waals surface area contributed by atoms with Crippen LogP contribution in [0.3, 0.4) is 0 Å². The maximum Gasteiger partial charge on any atom is 0.267 e. The largest absolute Gasteiger partial charge is 0.272 e. The second-order valence-corrected chi connectivity index (χ2v) is 4.15. The van der Waals surface area contributed by atoms with Crippen molar-refractivity contribution >= 4 is 11.6 Å². The molecule has 0 aliphatic carbocycles. The smallest absolute Gasteiger partial charge is 0.267 e. The van der Waals surface area contributed by atoms with Crippen molar-refractivity contribution in [3.63, 3.8) is 0 Å². The van der Waals surface area contributed by atoms with Crippen LogP contribution >= 0.6 is 11.6 Å². The summed E-state index contributed by atoms with van der Waals surface area (Å²) in [6.45, 7) is 2.21. The number of alkyl halides is 2. The minimum absolute atomic E-state index is 0.0295. The van der Waals surface area contributed by atoms with E-state index in [2.05, 4.69) is 5.10 Å². The molecule has 1 heterocycles. The Hall–Kier alpha value is -1.49. The molecular formula is C12H10ClF3N2. The molecule has 2 nitrogen and oxygen atoms in total.